The zero-order valence-corrected chi connectivity index (χ0v) is 21.1. The average Bonchev–Trinajstić information content (AvgIpc) is 3.43. The fourth-order valence-electron chi connectivity index (χ4n) is 3.96. The number of aliphatic hydroxyl groups excluding tert-OH is 1. The van der Waals surface area contributed by atoms with Gasteiger partial charge in [0.1, 0.15) is 16.4 Å². The number of hydrogen-bond donors (Lipinski definition) is 1. The van der Waals surface area contributed by atoms with E-state index in [1.54, 1.807) is 37.3 Å². The fraction of sp³-hybridized carbons (Fsp3) is 0.192. The highest BCUT2D eigenvalue weighted by Crippen LogP contribution is 2.44. The Balaban J connectivity index is 1.93. The number of ketones is 1. The van der Waals surface area contributed by atoms with Gasteiger partial charge < -0.3 is 19.3 Å². The first-order valence-electron chi connectivity index (χ1n) is 10.9. The number of carbonyl (C=O) groups excluding carboxylic acids is 4. The Bertz CT molecular complexity index is 1440. The fourth-order valence-corrected chi connectivity index (χ4v) is 4.97. The highest BCUT2D eigenvalue weighted by Gasteiger charge is 2.48. The minimum absolute atomic E-state index is 0.0757. The molecule has 0 spiro atoms. The van der Waals surface area contributed by atoms with E-state index in [1.165, 1.54) is 39.5 Å². The molecule has 2 aromatic carbocycles. The zero-order valence-electron chi connectivity index (χ0n) is 20.3. The van der Waals surface area contributed by atoms with Crippen molar-refractivity contribution in [3.05, 3.63) is 81.4 Å². The van der Waals surface area contributed by atoms with Crippen LogP contribution >= 0.6 is 11.3 Å². The van der Waals surface area contributed by atoms with E-state index in [0.717, 1.165) is 16.2 Å². The summed E-state index contributed by atoms with van der Waals surface area (Å²) in [5, 5.41) is 11.3. The number of Topliss-reactive ketones (excluding diaryl/α,β-unsaturated/α-hetero) is 1. The molecule has 1 atom stereocenters. The van der Waals surface area contributed by atoms with E-state index in [9.17, 15) is 24.3 Å². The molecule has 1 saturated heterocycles. The maximum absolute atomic E-state index is 13.3. The van der Waals surface area contributed by atoms with Crippen LogP contribution in [0.5, 0.6) is 5.75 Å². The first kappa shape index (κ1) is 25.6. The van der Waals surface area contributed by atoms with Gasteiger partial charge in [0.2, 0.25) is 0 Å². The predicted octanol–water partition coefficient (Wildman–Crippen LogP) is 3.66. The molecule has 4 rings (SSSR count). The van der Waals surface area contributed by atoms with E-state index >= 15 is 0 Å². The minimum atomic E-state index is -1.10. The molecule has 0 saturated carbocycles. The number of ether oxygens (including phenoxy) is 3. The molecule has 1 aliphatic heterocycles. The Morgan fingerprint density at radius 1 is 0.973 bits per heavy atom. The molecule has 1 N–H and O–H groups in total. The molecule has 1 aliphatic rings. The molecular formula is C26H22N2O8S. The number of nitrogens with zero attached hydrogens (tertiary/aromatic N) is 2. The third-order valence-corrected chi connectivity index (χ3v) is 6.93. The monoisotopic (exact) mass is 522 g/mol. The van der Waals surface area contributed by atoms with Gasteiger partial charge in [0.05, 0.1) is 44.2 Å². The highest BCUT2D eigenvalue weighted by atomic mass is 32.1. The summed E-state index contributed by atoms with van der Waals surface area (Å²) in [4.78, 5) is 56.4. The summed E-state index contributed by atoms with van der Waals surface area (Å²) in [6, 6.07) is 11.4. The van der Waals surface area contributed by atoms with Crippen LogP contribution in [0.25, 0.3) is 5.76 Å². The van der Waals surface area contributed by atoms with Crippen LogP contribution in [0, 0.1) is 6.92 Å². The number of benzene rings is 2. The summed E-state index contributed by atoms with van der Waals surface area (Å²) in [6.07, 6.45) is 0. The lowest BCUT2D eigenvalue weighted by molar-refractivity contribution is -0.132. The van der Waals surface area contributed by atoms with Crippen LogP contribution in [-0.4, -0.2) is 55.0 Å². The van der Waals surface area contributed by atoms with Gasteiger partial charge in [-0.05, 0) is 36.8 Å². The van der Waals surface area contributed by atoms with E-state index in [0.29, 0.717) is 17.0 Å². The van der Waals surface area contributed by atoms with E-state index in [1.807, 2.05) is 0 Å². The van der Waals surface area contributed by atoms with Gasteiger partial charge in [0.15, 0.2) is 5.13 Å². The number of thiazole rings is 1. The first-order chi connectivity index (χ1) is 17.7. The number of esters is 2. The van der Waals surface area contributed by atoms with Crippen molar-refractivity contribution in [3.8, 4) is 5.75 Å². The second kappa shape index (κ2) is 10.2. The second-order valence-corrected chi connectivity index (χ2v) is 8.89. The maximum atomic E-state index is 13.3. The molecule has 37 heavy (non-hydrogen) atoms. The van der Waals surface area contributed by atoms with Crippen LogP contribution in [0.1, 0.15) is 42.9 Å². The van der Waals surface area contributed by atoms with Crippen molar-refractivity contribution in [1.82, 2.24) is 4.98 Å². The number of anilines is 1. The molecule has 0 radical (unpaired) electrons. The average molecular weight is 523 g/mol. The van der Waals surface area contributed by atoms with E-state index < -0.39 is 35.4 Å². The second-order valence-electron chi connectivity index (χ2n) is 7.92. The number of carbonyl (C=O) groups is 4. The number of hydrogen-bond acceptors (Lipinski definition) is 10. The van der Waals surface area contributed by atoms with E-state index in [-0.39, 0.29) is 26.7 Å². The van der Waals surface area contributed by atoms with Gasteiger partial charge in [-0.1, -0.05) is 35.6 Å². The van der Waals surface area contributed by atoms with E-state index in [2.05, 4.69) is 4.98 Å². The molecule has 1 aromatic heterocycles. The Morgan fingerprint density at radius 2 is 1.65 bits per heavy atom. The van der Waals surface area contributed by atoms with E-state index in [4.69, 9.17) is 14.2 Å². The van der Waals surface area contributed by atoms with Gasteiger partial charge in [-0.25, -0.2) is 14.6 Å². The summed E-state index contributed by atoms with van der Waals surface area (Å²) < 4.78 is 14.8. The molecule has 10 nitrogen and oxygen atoms in total. The lowest BCUT2D eigenvalue weighted by Crippen LogP contribution is -2.29. The number of aromatic nitrogens is 1. The zero-order chi connectivity index (χ0) is 26.9. The summed E-state index contributed by atoms with van der Waals surface area (Å²) in [7, 11) is 3.94. The minimum Gasteiger partial charge on any atom is -0.507 e. The molecular weight excluding hydrogens is 500 g/mol. The third kappa shape index (κ3) is 4.56. The van der Waals surface area contributed by atoms with Crippen molar-refractivity contribution < 1.29 is 38.5 Å². The Labute approximate surface area is 215 Å². The number of aryl methyl sites for hydroxylation is 1. The highest BCUT2D eigenvalue weighted by molar-refractivity contribution is 7.17. The summed E-state index contributed by atoms with van der Waals surface area (Å²) in [5.74, 6) is -3.03. The standard InChI is InChI=1S/C26H22N2O8S/c1-13-22(25(33)36-4)37-26(27-13)28-19(14-8-10-15(11-9-14)24(32)35-3)18(21(30)23(28)31)20(29)16-6-5-7-17(12-16)34-2/h5-12,19,29H,1-4H3/t19-/m1/s1. The quantitative estimate of drug-likeness (QED) is 0.223. The van der Waals surface area contributed by atoms with Crippen LogP contribution in [0.4, 0.5) is 5.13 Å². The predicted molar refractivity (Wildman–Crippen MR) is 134 cm³/mol. The van der Waals surface area contributed by atoms with Gasteiger partial charge in [-0.15, -0.1) is 0 Å². The number of amides is 1. The molecule has 2 heterocycles. The normalized spacial score (nSPS) is 16.5. The van der Waals surface area contributed by atoms with Gasteiger partial charge in [-0.2, -0.15) is 0 Å². The Morgan fingerprint density at radius 3 is 2.27 bits per heavy atom. The Hall–Kier alpha value is -4.51. The Kier molecular flexibility index (Phi) is 7.07. The van der Waals surface area contributed by atoms with Crippen LogP contribution in [0.15, 0.2) is 54.1 Å². The van der Waals surface area contributed by atoms with Crippen LogP contribution < -0.4 is 9.64 Å². The summed E-state index contributed by atoms with van der Waals surface area (Å²) in [6.45, 7) is 1.58. The molecule has 0 aliphatic carbocycles. The molecule has 1 fully saturated rings. The van der Waals surface area contributed by atoms with Gasteiger partial charge >= 0.3 is 17.8 Å². The topological polar surface area (TPSA) is 132 Å². The summed E-state index contributed by atoms with van der Waals surface area (Å²) >= 11 is 0.890. The smallest absolute Gasteiger partial charge is 0.350 e. The number of aliphatic hydroxyl groups is 1. The third-order valence-electron chi connectivity index (χ3n) is 5.80. The molecule has 0 bridgehead atoms. The van der Waals surface area contributed by atoms with Gasteiger partial charge in [0.25, 0.3) is 5.78 Å². The molecule has 190 valence electrons. The number of methoxy groups -OCH3 is 3. The van der Waals surface area contributed by atoms with Crippen molar-refractivity contribution >= 4 is 45.9 Å². The van der Waals surface area contributed by atoms with Gasteiger partial charge in [0, 0.05) is 5.56 Å². The largest absolute Gasteiger partial charge is 0.507 e. The SMILES string of the molecule is COC(=O)c1ccc([C@@H]2C(=C(O)c3cccc(OC)c3)C(=O)C(=O)N2c2nc(C)c(C(=O)OC)s2)cc1. The molecule has 1 amide bonds. The maximum Gasteiger partial charge on any atom is 0.350 e. The lowest BCUT2D eigenvalue weighted by atomic mass is 9.94. The summed E-state index contributed by atoms with van der Waals surface area (Å²) in [5.41, 5.74) is 1.08. The molecule has 11 heteroatoms. The van der Waals surface area contributed by atoms with Crippen LogP contribution in [0.2, 0.25) is 0 Å². The molecule has 3 aromatic rings. The van der Waals surface area contributed by atoms with Crippen LogP contribution in [0.3, 0.4) is 0 Å². The van der Waals surface area contributed by atoms with Crippen molar-refractivity contribution in [2.45, 2.75) is 13.0 Å². The lowest BCUT2D eigenvalue weighted by Gasteiger charge is -2.23. The van der Waals surface area contributed by atoms with Gasteiger partial charge in [-0.3, -0.25) is 14.5 Å². The first-order valence-corrected chi connectivity index (χ1v) is 11.7. The molecule has 0 unspecified atom stereocenters. The van der Waals surface area contributed by atoms with Crippen molar-refractivity contribution in [2.75, 3.05) is 26.2 Å². The van der Waals surface area contributed by atoms with Crippen molar-refractivity contribution in [3.63, 3.8) is 0 Å². The van der Waals surface area contributed by atoms with Crippen LogP contribution in [-0.2, 0) is 19.1 Å². The van der Waals surface area contributed by atoms with Crippen molar-refractivity contribution in [2.24, 2.45) is 0 Å². The number of rotatable bonds is 6. The van der Waals surface area contributed by atoms with Crippen molar-refractivity contribution in [1.29, 1.82) is 0 Å².